The van der Waals surface area contributed by atoms with E-state index in [1.165, 1.54) is 18.4 Å². The smallest absolute Gasteiger partial charge is 0.0635 e. The van der Waals surface area contributed by atoms with Gasteiger partial charge in [0.05, 0.1) is 10.7 Å². The van der Waals surface area contributed by atoms with Crippen molar-refractivity contribution in [1.82, 2.24) is 4.90 Å². The van der Waals surface area contributed by atoms with Crippen LogP contribution in [0.2, 0.25) is 5.02 Å². The molecule has 0 spiro atoms. The molecule has 1 aliphatic carbocycles. The Bertz CT molecular complexity index is 334. The lowest BCUT2D eigenvalue weighted by Crippen LogP contribution is -2.19. The Morgan fingerprint density at radius 3 is 2.79 bits per heavy atom. The van der Waals surface area contributed by atoms with Crippen LogP contribution in [0.3, 0.4) is 0 Å². The average molecular weight is 211 g/mol. The van der Waals surface area contributed by atoms with E-state index >= 15 is 0 Å². The van der Waals surface area contributed by atoms with Crippen LogP contribution in [0.25, 0.3) is 0 Å². The molecule has 2 nitrogen and oxygen atoms in total. The number of benzene rings is 1. The zero-order valence-electron chi connectivity index (χ0n) is 8.33. The molecule has 0 aromatic heterocycles. The first kappa shape index (κ1) is 9.81. The molecule has 0 heterocycles. The quantitative estimate of drug-likeness (QED) is 0.777. The molecule has 0 bridgehead atoms. The summed E-state index contributed by atoms with van der Waals surface area (Å²) in [7, 11) is 2.16. The largest absolute Gasteiger partial charge is 0.398 e. The van der Waals surface area contributed by atoms with Crippen molar-refractivity contribution in [2.24, 2.45) is 0 Å². The molecular formula is C11H15ClN2. The van der Waals surface area contributed by atoms with E-state index < -0.39 is 0 Å². The molecule has 1 aliphatic rings. The second kappa shape index (κ2) is 3.79. The minimum absolute atomic E-state index is 0.642. The summed E-state index contributed by atoms with van der Waals surface area (Å²) in [6.07, 6.45) is 2.67. The van der Waals surface area contributed by atoms with Crippen LogP contribution in [-0.4, -0.2) is 18.0 Å². The molecule has 0 saturated heterocycles. The van der Waals surface area contributed by atoms with Crippen LogP contribution in [-0.2, 0) is 6.54 Å². The van der Waals surface area contributed by atoms with Crippen LogP contribution in [0.5, 0.6) is 0 Å². The Hall–Kier alpha value is -0.730. The van der Waals surface area contributed by atoms with Gasteiger partial charge >= 0.3 is 0 Å². The Balaban J connectivity index is 2.04. The lowest BCUT2D eigenvalue weighted by Gasteiger charge is -2.15. The third kappa shape index (κ3) is 2.20. The van der Waals surface area contributed by atoms with E-state index in [9.17, 15) is 0 Å². The molecule has 0 radical (unpaired) electrons. The van der Waals surface area contributed by atoms with Gasteiger partial charge in [0, 0.05) is 12.6 Å². The van der Waals surface area contributed by atoms with Crippen molar-refractivity contribution in [2.45, 2.75) is 25.4 Å². The van der Waals surface area contributed by atoms with Crippen molar-refractivity contribution in [3.05, 3.63) is 28.8 Å². The molecule has 1 aromatic rings. The van der Waals surface area contributed by atoms with Crippen LogP contribution < -0.4 is 5.73 Å². The average Bonchev–Trinajstić information content (AvgIpc) is 2.94. The van der Waals surface area contributed by atoms with Crippen molar-refractivity contribution in [2.75, 3.05) is 12.8 Å². The lowest BCUT2D eigenvalue weighted by molar-refractivity contribution is 0.316. The van der Waals surface area contributed by atoms with Crippen molar-refractivity contribution in [1.29, 1.82) is 0 Å². The minimum atomic E-state index is 0.642. The number of nitrogens with zero attached hydrogens (tertiary/aromatic N) is 1. The molecule has 2 N–H and O–H groups in total. The summed E-state index contributed by atoms with van der Waals surface area (Å²) >= 11 is 5.85. The molecule has 0 amide bonds. The van der Waals surface area contributed by atoms with Gasteiger partial charge in [0.1, 0.15) is 0 Å². The molecule has 1 aromatic carbocycles. The number of nitrogen functional groups attached to an aromatic ring is 1. The van der Waals surface area contributed by atoms with E-state index in [0.29, 0.717) is 10.7 Å². The maximum absolute atomic E-state index is 5.85. The highest BCUT2D eigenvalue weighted by molar-refractivity contribution is 6.33. The zero-order chi connectivity index (χ0) is 10.1. The van der Waals surface area contributed by atoms with E-state index in [-0.39, 0.29) is 0 Å². The molecule has 14 heavy (non-hydrogen) atoms. The maximum Gasteiger partial charge on any atom is 0.0635 e. The molecule has 3 heteroatoms. The van der Waals surface area contributed by atoms with Gasteiger partial charge < -0.3 is 5.73 Å². The first-order valence-corrected chi connectivity index (χ1v) is 5.29. The number of halogens is 1. The predicted octanol–water partition coefficient (Wildman–Crippen LogP) is 2.52. The summed E-state index contributed by atoms with van der Waals surface area (Å²) in [5, 5.41) is 0.642. The molecule has 76 valence electrons. The van der Waals surface area contributed by atoms with Gasteiger partial charge in [-0.1, -0.05) is 17.7 Å². The molecule has 0 atom stereocenters. The van der Waals surface area contributed by atoms with Crippen molar-refractivity contribution in [3.8, 4) is 0 Å². The molecule has 1 saturated carbocycles. The highest BCUT2D eigenvalue weighted by Crippen LogP contribution is 2.27. The summed E-state index contributed by atoms with van der Waals surface area (Å²) in [5.74, 6) is 0. The summed E-state index contributed by atoms with van der Waals surface area (Å²) in [4.78, 5) is 2.36. The van der Waals surface area contributed by atoms with Gasteiger partial charge in [-0.2, -0.15) is 0 Å². The van der Waals surface area contributed by atoms with Crippen LogP contribution in [0, 0.1) is 0 Å². The van der Waals surface area contributed by atoms with Gasteiger partial charge in [0.2, 0.25) is 0 Å². The van der Waals surface area contributed by atoms with Gasteiger partial charge in [-0.15, -0.1) is 0 Å². The minimum Gasteiger partial charge on any atom is -0.398 e. The predicted molar refractivity (Wildman–Crippen MR) is 60.4 cm³/mol. The van der Waals surface area contributed by atoms with E-state index in [0.717, 1.165) is 12.6 Å². The number of hydrogen-bond acceptors (Lipinski definition) is 2. The molecule has 2 rings (SSSR count). The first-order chi connectivity index (χ1) is 6.66. The van der Waals surface area contributed by atoms with Crippen LogP contribution in [0.4, 0.5) is 5.69 Å². The molecule has 1 fully saturated rings. The zero-order valence-corrected chi connectivity index (χ0v) is 9.09. The van der Waals surface area contributed by atoms with Gasteiger partial charge in [-0.3, -0.25) is 4.90 Å². The fourth-order valence-electron chi connectivity index (χ4n) is 1.62. The van der Waals surface area contributed by atoms with Gasteiger partial charge in [0.15, 0.2) is 0 Å². The van der Waals surface area contributed by atoms with Gasteiger partial charge in [-0.25, -0.2) is 0 Å². The molecule has 0 aliphatic heterocycles. The fraction of sp³-hybridized carbons (Fsp3) is 0.455. The normalized spacial score (nSPS) is 16.2. The molecular weight excluding hydrogens is 196 g/mol. The summed E-state index contributed by atoms with van der Waals surface area (Å²) in [5.41, 5.74) is 7.65. The Morgan fingerprint density at radius 1 is 1.50 bits per heavy atom. The maximum atomic E-state index is 5.85. The molecule has 0 unspecified atom stereocenters. The summed E-state index contributed by atoms with van der Waals surface area (Å²) in [6, 6.07) is 6.65. The summed E-state index contributed by atoms with van der Waals surface area (Å²) in [6.45, 7) is 0.964. The number of rotatable bonds is 3. The Labute approximate surface area is 89.7 Å². The standard InChI is InChI=1S/C11H15ClN2/c1-14(9-3-4-9)7-8-2-5-10(12)11(13)6-8/h2,5-6,9H,3-4,7,13H2,1H3. The Kier molecular flexibility index (Phi) is 2.66. The first-order valence-electron chi connectivity index (χ1n) is 4.91. The SMILES string of the molecule is CN(Cc1ccc(Cl)c(N)c1)C1CC1. The van der Waals surface area contributed by atoms with E-state index in [1.54, 1.807) is 0 Å². The third-order valence-electron chi connectivity index (χ3n) is 2.66. The van der Waals surface area contributed by atoms with Crippen LogP contribution >= 0.6 is 11.6 Å². The lowest BCUT2D eigenvalue weighted by atomic mass is 10.2. The summed E-state index contributed by atoms with van der Waals surface area (Å²) < 4.78 is 0. The van der Waals surface area contributed by atoms with Gasteiger partial charge in [-0.05, 0) is 37.6 Å². The number of hydrogen-bond donors (Lipinski definition) is 1. The van der Waals surface area contributed by atoms with E-state index in [2.05, 4.69) is 11.9 Å². The van der Waals surface area contributed by atoms with E-state index in [1.807, 2.05) is 18.2 Å². The van der Waals surface area contributed by atoms with Gasteiger partial charge in [0.25, 0.3) is 0 Å². The Morgan fingerprint density at radius 2 is 2.21 bits per heavy atom. The third-order valence-corrected chi connectivity index (χ3v) is 3.01. The second-order valence-electron chi connectivity index (χ2n) is 4.00. The number of anilines is 1. The highest BCUT2D eigenvalue weighted by atomic mass is 35.5. The van der Waals surface area contributed by atoms with Crippen LogP contribution in [0.1, 0.15) is 18.4 Å². The van der Waals surface area contributed by atoms with Crippen molar-refractivity contribution in [3.63, 3.8) is 0 Å². The fourth-order valence-corrected chi connectivity index (χ4v) is 1.74. The van der Waals surface area contributed by atoms with Crippen molar-refractivity contribution >= 4 is 17.3 Å². The van der Waals surface area contributed by atoms with E-state index in [4.69, 9.17) is 17.3 Å². The number of nitrogens with two attached hydrogens (primary N) is 1. The highest BCUT2D eigenvalue weighted by Gasteiger charge is 2.25. The second-order valence-corrected chi connectivity index (χ2v) is 4.41. The monoisotopic (exact) mass is 210 g/mol. The van der Waals surface area contributed by atoms with Crippen molar-refractivity contribution < 1.29 is 0 Å². The van der Waals surface area contributed by atoms with Crippen LogP contribution in [0.15, 0.2) is 18.2 Å². The topological polar surface area (TPSA) is 29.3 Å².